The summed E-state index contributed by atoms with van der Waals surface area (Å²) in [6.45, 7) is 0.533. The number of halogens is 1. The van der Waals surface area contributed by atoms with Crippen molar-refractivity contribution >= 4 is 23.2 Å². The van der Waals surface area contributed by atoms with Crippen LogP contribution in [-0.2, 0) is 33.9 Å². The maximum atomic E-state index is 15.8. The van der Waals surface area contributed by atoms with Crippen LogP contribution in [0.15, 0.2) is 53.3 Å². The highest BCUT2D eigenvalue weighted by atomic mass is 19.1. The van der Waals surface area contributed by atoms with Crippen LogP contribution >= 0.6 is 0 Å². The van der Waals surface area contributed by atoms with Gasteiger partial charge in [-0.2, -0.15) is 0 Å². The van der Waals surface area contributed by atoms with E-state index in [0.29, 0.717) is 6.54 Å². The number of ketones is 2. The fraction of sp³-hybridized carbons (Fsp3) is 0.345. The number of Topliss-reactive ketones (excluding diaryl/α,β-unsaturated/α-hetero) is 2. The van der Waals surface area contributed by atoms with E-state index in [-0.39, 0.29) is 41.6 Å². The van der Waals surface area contributed by atoms with E-state index in [4.69, 9.17) is 5.73 Å². The smallest absolute Gasteiger partial charge is 0.255 e. The lowest BCUT2D eigenvalue weighted by atomic mass is 9.57. The van der Waals surface area contributed by atoms with Crippen LogP contribution in [0.25, 0.3) is 5.76 Å². The van der Waals surface area contributed by atoms with E-state index in [9.17, 15) is 34.8 Å². The number of fused-ring (bicyclic) bond motifs is 3. The zero-order valence-corrected chi connectivity index (χ0v) is 21.9. The monoisotopic (exact) mass is 551 g/mol. The Morgan fingerprint density at radius 3 is 2.45 bits per heavy atom. The molecule has 1 amide bonds. The number of carbonyl (C=O) groups excluding carboxylic acids is 3. The Morgan fingerprint density at radius 2 is 1.82 bits per heavy atom. The Labute approximate surface area is 229 Å². The number of phenols is 1. The van der Waals surface area contributed by atoms with Gasteiger partial charge in [-0.3, -0.25) is 19.3 Å². The van der Waals surface area contributed by atoms with Crippen LogP contribution < -0.4 is 11.1 Å². The minimum Gasteiger partial charge on any atom is -0.508 e. The first-order chi connectivity index (χ1) is 18.9. The van der Waals surface area contributed by atoms with Gasteiger partial charge in [-0.1, -0.05) is 30.3 Å². The van der Waals surface area contributed by atoms with Gasteiger partial charge in [0.15, 0.2) is 11.4 Å². The van der Waals surface area contributed by atoms with Crippen molar-refractivity contribution in [3.05, 3.63) is 81.4 Å². The molecule has 210 valence electrons. The second-order valence-corrected chi connectivity index (χ2v) is 10.8. The first-order valence-corrected chi connectivity index (χ1v) is 12.8. The SMILES string of the molecule is CN(C)[C@@H]1C(=O)C(C(N)=O)=C(O)[C@@]2(O)C(=O)C3=C(O)c4c(O)cc(CNCc5ccccc5)c(F)c4C[C@H]3C[C@@H]12. The molecule has 5 rings (SSSR count). The third kappa shape index (κ3) is 4.00. The molecule has 1 saturated carbocycles. The van der Waals surface area contributed by atoms with Gasteiger partial charge >= 0.3 is 0 Å². The summed E-state index contributed by atoms with van der Waals surface area (Å²) in [6.07, 6.45) is -0.219. The van der Waals surface area contributed by atoms with Crippen LogP contribution in [0, 0.1) is 17.7 Å². The largest absolute Gasteiger partial charge is 0.508 e. The summed E-state index contributed by atoms with van der Waals surface area (Å²) in [4.78, 5) is 40.4. The predicted molar refractivity (Wildman–Crippen MR) is 141 cm³/mol. The number of aliphatic hydroxyl groups is 3. The van der Waals surface area contributed by atoms with Crippen LogP contribution in [0.3, 0.4) is 0 Å². The number of aromatic hydroxyl groups is 1. The van der Waals surface area contributed by atoms with Crippen LogP contribution in [0.1, 0.15) is 28.7 Å². The van der Waals surface area contributed by atoms with Crippen molar-refractivity contribution < 1.29 is 39.2 Å². The molecule has 3 aliphatic rings. The Kier molecular flexibility index (Phi) is 6.77. The average Bonchev–Trinajstić information content (AvgIpc) is 2.89. The molecule has 4 atom stereocenters. The zero-order chi connectivity index (χ0) is 29.1. The topological polar surface area (TPSA) is 173 Å². The molecule has 0 aromatic heterocycles. The number of primary amides is 1. The molecule has 0 saturated heterocycles. The van der Waals surface area contributed by atoms with Crippen molar-refractivity contribution in [2.24, 2.45) is 17.6 Å². The summed E-state index contributed by atoms with van der Waals surface area (Å²) >= 11 is 0. The average molecular weight is 552 g/mol. The van der Waals surface area contributed by atoms with Crippen molar-refractivity contribution in [1.29, 1.82) is 0 Å². The van der Waals surface area contributed by atoms with Crippen molar-refractivity contribution in [3.8, 4) is 5.75 Å². The molecule has 0 radical (unpaired) electrons. The molecule has 2 aromatic rings. The Balaban J connectivity index is 1.57. The molecule has 40 heavy (non-hydrogen) atoms. The van der Waals surface area contributed by atoms with E-state index in [0.717, 1.165) is 11.6 Å². The van der Waals surface area contributed by atoms with Crippen molar-refractivity contribution in [2.75, 3.05) is 14.1 Å². The second-order valence-electron chi connectivity index (χ2n) is 10.8. The van der Waals surface area contributed by atoms with Crippen molar-refractivity contribution in [1.82, 2.24) is 10.2 Å². The summed E-state index contributed by atoms with van der Waals surface area (Å²) in [7, 11) is 3.03. The fourth-order valence-electron chi connectivity index (χ4n) is 6.41. The Hall–Kier alpha value is -4.06. The molecule has 0 spiro atoms. The van der Waals surface area contributed by atoms with Crippen molar-refractivity contribution in [3.63, 3.8) is 0 Å². The number of aliphatic hydroxyl groups excluding tert-OH is 2. The number of nitrogens with two attached hydrogens (primary N) is 1. The van der Waals surface area contributed by atoms with E-state index < -0.39 is 69.6 Å². The van der Waals surface area contributed by atoms with Crippen LogP contribution in [0.2, 0.25) is 0 Å². The number of phenolic OH excluding ortho intramolecular Hbond substituents is 1. The molecule has 1 fully saturated rings. The molecule has 0 aliphatic heterocycles. The van der Waals surface area contributed by atoms with E-state index in [1.165, 1.54) is 19.0 Å². The van der Waals surface area contributed by atoms with Gasteiger partial charge in [-0.05, 0) is 44.5 Å². The molecule has 0 unspecified atom stereocenters. The van der Waals surface area contributed by atoms with Gasteiger partial charge in [0, 0.05) is 35.7 Å². The normalized spacial score (nSPS) is 26.1. The number of amides is 1. The highest BCUT2D eigenvalue weighted by Crippen LogP contribution is 2.53. The minimum absolute atomic E-state index is 0.00197. The molecular formula is C29H30FN3O7. The molecule has 10 nitrogen and oxygen atoms in total. The third-order valence-corrected chi connectivity index (χ3v) is 8.22. The molecule has 0 bridgehead atoms. The number of rotatable bonds is 6. The van der Waals surface area contributed by atoms with E-state index in [1.807, 2.05) is 30.3 Å². The number of hydrogen-bond acceptors (Lipinski definition) is 9. The number of benzene rings is 2. The summed E-state index contributed by atoms with van der Waals surface area (Å²) in [5, 5.41) is 47.6. The van der Waals surface area contributed by atoms with E-state index in [2.05, 4.69) is 5.32 Å². The van der Waals surface area contributed by atoms with Gasteiger partial charge in [0.1, 0.15) is 28.7 Å². The summed E-state index contributed by atoms with van der Waals surface area (Å²) in [5.41, 5.74) is 2.24. The zero-order valence-electron chi connectivity index (χ0n) is 21.9. The summed E-state index contributed by atoms with van der Waals surface area (Å²) < 4.78 is 15.8. The number of nitrogens with zero attached hydrogens (tertiary/aromatic N) is 1. The van der Waals surface area contributed by atoms with Crippen molar-refractivity contribution in [2.45, 2.75) is 37.6 Å². The Bertz CT molecular complexity index is 1500. The Morgan fingerprint density at radius 1 is 1.15 bits per heavy atom. The number of carbonyl (C=O) groups is 3. The van der Waals surface area contributed by atoms with Gasteiger partial charge in [-0.15, -0.1) is 0 Å². The van der Waals surface area contributed by atoms with Crippen LogP contribution in [0.5, 0.6) is 5.75 Å². The van der Waals surface area contributed by atoms with E-state index >= 15 is 4.39 Å². The molecule has 11 heteroatoms. The summed E-state index contributed by atoms with van der Waals surface area (Å²) in [5.74, 6) is -8.37. The van der Waals surface area contributed by atoms with Crippen LogP contribution in [-0.4, -0.2) is 68.5 Å². The lowest BCUT2D eigenvalue weighted by Gasteiger charge is -2.50. The van der Waals surface area contributed by atoms with Gasteiger partial charge in [0.05, 0.1) is 11.6 Å². The maximum Gasteiger partial charge on any atom is 0.255 e. The standard InChI is InChI=1S/C29H30FN3O7/c1-33(2)23-17-9-14-8-16-20(18(34)10-15(22(16)30)12-32-11-13-6-4-3-5-7-13)24(35)19(14)26(37)29(17,40)27(38)21(25(23)36)28(31)39/h3-7,10,14,17,23,32,34-35,38,40H,8-9,11-12H2,1-2H3,(H2,31,39)/t14-,17-,23-,29-/m0/s1. The number of nitrogens with one attached hydrogen (secondary N) is 1. The van der Waals surface area contributed by atoms with Gasteiger partial charge in [0.2, 0.25) is 5.78 Å². The minimum atomic E-state index is -2.74. The highest BCUT2D eigenvalue weighted by molar-refractivity contribution is 6.24. The highest BCUT2D eigenvalue weighted by Gasteiger charge is 2.64. The van der Waals surface area contributed by atoms with Crippen LogP contribution in [0.4, 0.5) is 4.39 Å². The lowest BCUT2D eigenvalue weighted by Crippen LogP contribution is -2.65. The van der Waals surface area contributed by atoms with Gasteiger partial charge < -0.3 is 31.5 Å². The first kappa shape index (κ1) is 27.5. The molecule has 7 N–H and O–H groups in total. The van der Waals surface area contributed by atoms with E-state index in [1.54, 1.807) is 0 Å². The summed E-state index contributed by atoms with van der Waals surface area (Å²) in [6, 6.07) is 9.43. The quantitative estimate of drug-likeness (QED) is 0.290. The molecular weight excluding hydrogens is 521 g/mol. The first-order valence-electron chi connectivity index (χ1n) is 12.8. The second kappa shape index (κ2) is 9.84. The number of hydrogen-bond donors (Lipinski definition) is 6. The molecule has 3 aliphatic carbocycles. The molecule has 0 heterocycles. The van der Waals surface area contributed by atoms with Gasteiger partial charge in [0.25, 0.3) is 5.91 Å². The fourth-order valence-corrected chi connectivity index (χ4v) is 6.41. The molecule has 2 aromatic carbocycles. The van der Waals surface area contributed by atoms with Gasteiger partial charge in [-0.25, -0.2) is 4.39 Å². The number of likely N-dealkylation sites (N-methyl/N-ethyl adjacent to an activating group) is 1. The predicted octanol–water partition coefficient (Wildman–Crippen LogP) is 1.39. The maximum absolute atomic E-state index is 15.8. The third-order valence-electron chi connectivity index (χ3n) is 8.22. The lowest BCUT2D eigenvalue weighted by molar-refractivity contribution is -0.153.